The summed E-state index contributed by atoms with van der Waals surface area (Å²) < 4.78 is 25.1. The van der Waals surface area contributed by atoms with E-state index in [4.69, 9.17) is 11.5 Å². The van der Waals surface area contributed by atoms with Crippen LogP contribution in [0.5, 0.6) is 0 Å². The molecule has 0 radical (unpaired) electrons. The largest absolute Gasteiger partial charge is 0.399 e. The van der Waals surface area contributed by atoms with Gasteiger partial charge in [-0.2, -0.15) is 0 Å². The fraction of sp³-hybridized carbons (Fsp3) is 0.300. The lowest BCUT2D eigenvalue weighted by Crippen LogP contribution is -2.25. The van der Waals surface area contributed by atoms with Crippen molar-refractivity contribution < 1.29 is 13.4 Å². The lowest BCUT2D eigenvalue weighted by atomic mass is 10.2. The molecule has 1 aromatic carbocycles. The SMILES string of the molecule is CC(CS(=O)c1ccc(N)cc1F)C(N)=O. The highest BCUT2D eigenvalue weighted by Gasteiger charge is 2.17. The maximum Gasteiger partial charge on any atom is 0.221 e. The van der Waals surface area contributed by atoms with Crippen molar-refractivity contribution in [2.75, 3.05) is 11.5 Å². The third-order valence-corrected chi connectivity index (χ3v) is 3.71. The summed E-state index contributed by atoms with van der Waals surface area (Å²) in [6.07, 6.45) is 0. The molecule has 16 heavy (non-hydrogen) atoms. The van der Waals surface area contributed by atoms with Gasteiger partial charge in [0.05, 0.1) is 15.7 Å². The molecule has 0 fully saturated rings. The van der Waals surface area contributed by atoms with Crippen molar-refractivity contribution in [1.29, 1.82) is 0 Å². The lowest BCUT2D eigenvalue weighted by Gasteiger charge is -2.08. The van der Waals surface area contributed by atoms with Crippen LogP contribution in [0.25, 0.3) is 0 Å². The van der Waals surface area contributed by atoms with Gasteiger partial charge in [0.15, 0.2) is 0 Å². The molecule has 2 unspecified atom stereocenters. The second-order valence-electron chi connectivity index (χ2n) is 3.51. The van der Waals surface area contributed by atoms with Crippen LogP contribution in [0.2, 0.25) is 0 Å². The third kappa shape index (κ3) is 3.03. The summed E-state index contributed by atoms with van der Waals surface area (Å²) in [6.45, 7) is 1.55. The Kier molecular flexibility index (Phi) is 4.00. The minimum Gasteiger partial charge on any atom is -0.399 e. The molecule has 0 heterocycles. The molecule has 0 spiro atoms. The number of hydrogen-bond acceptors (Lipinski definition) is 3. The van der Waals surface area contributed by atoms with Gasteiger partial charge in [-0.05, 0) is 18.2 Å². The minimum atomic E-state index is -1.59. The molecule has 2 atom stereocenters. The monoisotopic (exact) mass is 244 g/mol. The average molecular weight is 244 g/mol. The van der Waals surface area contributed by atoms with Crippen molar-refractivity contribution in [3.63, 3.8) is 0 Å². The second kappa shape index (κ2) is 5.07. The molecule has 4 N–H and O–H groups in total. The molecular weight excluding hydrogens is 231 g/mol. The van der Waals surface area contributed by atoms with Gasteiger partial charge in [-0.15, -0.1) is 0 Å². The Morgan fingerprint density at radius 2 is 2.19 bits per heavy atom. The van der Waals surface area contributed by atoms with E-state index in [0.717, 1.165) is 6.07 Å². The van der Waals surface area contributed by atoms with E-state index in [-0.39, 0.29) is 16.3 Å². The molecule has 0 saturated heterocycles. The zero-order valence-electron chi connectivity index (χ0n) is 8.77. The molecule has 0 aliphatic carbocycles. The van der Waals surface area contributed by atoms with Gasteiger partial charge in [-0.25, -0.2) is 4.39 Å². The molecule has 1 amide bonds. The van der Waals surface area contributed by atoms with Crippen LogP contribution in [0.4, 0.5) is 10.1 Å². The standard InChI is InChI=1S/C10H13FN2O2S/c1-6(10(13)14)5-16(15)9-3-2-7(12)4-8(9)11/h2-4,6H,5,12H2,1H3,(H2,13,14). The van der Waals surface area contributed by atoms with Gasteiger partial charge in [-0.3, -0.25) is 9.00 Å². The molecule has 0 aliphatic heterocycles. The molecule has 1 rings (SSSR count). The average Bonchev–Trinajstić information content (AvgIpc) is 2.16. The summed E-state index contributed by atoms with van der Waals surface area (Å²) in [5.41, 5.74) is 10.7. The first kappa shape index (κ1) is 12.6. The third-order valence-electron chi connectivity index (χ3n) is 2.09. The summed E-state index contributed by atoms with van der Waals surface area (Å²) in [5.74, 6) is -1.73. The van der Waals surface area contributed by atoms with Gasteiger partial charge in [0.1, 0.15) is 5.82 Å². The number of carbonyl (C=O) groups excluding carboxylic acids is 1. The number of rotatable bonds is 4. The Balaban J connectivity index is 2.85. The predicted octanol–water partition coefficient (Wildman–Crippen LogP) is 0.637. The highest BCUT2D eigenvalue weighted by Crippen LogP contribution is 2.17. The summed E-state index contributed by atoms with van der Waals surface area (Å²) >= 11 is 0. The number of anilines is 1. The van der Waals surface area contributed by atoms with E-state index >= 15 is 0 Å². The van der Waals surface area contributed by atoms with Crippen molar-refractivity contribution in [2.45, 2.75) is 11.8 Å². The van der Waals surface area contributed by atoms with E-state index in [9.17, 15) is 13.4 Å². The van der Waals surface area contributed by atoms with Crippen LogP contribution >= 0.6 is 0 Å². The van der Waals surface area contributed by atoms with Crippen molar-refractivity contribution in [3.8, 4) is 0 Å². The lowest BCUT2D eigenvalue weighted by molar-refractivity contribution is -0.120. The zero-order chi connectivity index (χ0) is 12.3. The van der Waals surface area contributed by atoms with Gasteiger partial charge < -0.3 is 11.5 Å². The van der Waals surface area contributed by atoms with Gasteiger partial charge in [-0.1, -0.05) is 6.92 Å². The fourth-order valence-corrected chi connectivity index (χ4v) is 2.39. The van der Waals surface area contributed by atoms with Crippen molar-refractivity contribution in [2.24, 2.45) is 11.7 Å². The molecule has 6 heteroatoms. The van der Waals surface area contributed by atoms with E-state index in [1.165, 1.54) is 12.1 Å². The zero-order valence-corrected chi connectivity index (χ0v) is 9.59. The molecule has 1 aromatic rings. The molecule has 4 nitrogen and oxygen atoms in total. The summed E-state index contributed by atoms with van der Waals surface area (Å²) in [7, 11) is -1.59. The second-order valence-corrected chi connectivity index (χ2v) is 4.97. The van der Waals surface area contributed by atoms with Gasteiger partial charge in [0.25, 0.3) is 0 Å². The Morgan fingerprint density at radius 1 is 1.56 bits per heavy atom. The molecule has 0 saturated carbocycles. The van der Waals surface area contributed by atoms with Crippen molar-refractivity contribution in [1.82, 2.24) is 0 Å². The number of amides is 1. The quantitative estimate of drug-likeness (QED) is 0.762. The first-order chi connectivity index (χ1) is 7.41. The van der Waals surface area contributed by atoms with Crippen molar-refractivity contribution >= 4 is 22.4 Å². The van der Waals surface area contributed by atoms with E-state index in [2.05, 4.69) is 0 Å². The van der Waals surface area contributed by atoms with E-state index in [1.807, 2.05) is 0 Å². The minimum absolute atomic E-state index is 0.0101. The molecule has 0 bridgehead atoms. The van der Waals surface area contributed by atoms with Gasteiger partial charge >= 0.3 is 0 Å². The Labute approximate surface area is 95.3 Å². The number of primary amides is 1. The maximum absolute atomic E-state index is 13.4. The topological polar surface area (TPSA) is 86.2 Å². The number of carbonyl (C=O) groups is 1. The summed E-state index contributed by atoms with van der Waals surface area (Å²) in [6, 6.07) is 3.92. The Morgan fingerprint density at radius 3 is 2.69 bits per heavy atom. The first-order valence-corrected chi connectivity index (χ1v) is 5.96. The summed E-state index contributed by atoms with van der Waals surface area (Å²) in [5, 5.41) is 0. The normalized spacial score (nSPS) is 14.4. The highest BCUT2D eigenvalue weighted by atomic mass is 32.2. The summed E-state index contributed by atoms with van der Waals surface area (Å²) in [4.78, 5) is 10.8. The molecular formula is C10H13FN2O2S. The van der Waals surface area contributed by atoms with E-state index < -0.39 is 28.4 Å². The van der Waals surface area contributed by atoms with Crippen LogP contribution in [0.15, 0.2) is 23.1 Å². The number of benzene rings is 1. The fourth-order valence-electron chi connectivity index (χ4n) is 1.10. The van der Waals surface area contributed by atoms with Crippen LogP contribution < -0.4 is 11.5 Å². The van der Waals surface area contributed by atoms with E-state index in [1.54, 1.807) is 6.92 Å². The molecule has 0 aromatic heterocycles. The number of hydrogen-bond donors (Lipinski definition) is 2. The predicted molar refractivity (Wildman–Crippen MR) is 60.4 cm³/mol. The van der Waals surface area contributed by atoms with Crippen LogP contribution in [0.3, 0.4) is 0 Å². The number of halogens is 1. The highest BCUT2D eigenvalue weighted by molar-refractivity contribution is 7.85. The maximum atomic E-state index is 13.4. The van der Waals surface area contributed by atoms with Crippen molar-refractivity contribution in [3.05, 3.63) is 24.0 Å². The van der Waals surface area contributed by atoms with Crippen LogP contribution in [0.1, 0.15) is 6.92 Å². The number of nitrogens with two attached hydrogens (primary N) is 2. The smallest absolute Gasteiger partial charge is 0.221 e. The Bertz CT molecular complexity index is 437. The van der Waals surface area contributed by atoms with Crippen LogP contribution in [0, 0.1) is 11.7 Å². The Hall–Kier alpha value is -1.43. The first-order valence-electron chi connectivity index (χ1n) is 4.64. The number of nitrogen functional groups attached to an aromatic ring is 1. The van der Waals surface area contributed by atoms with Crippen LogP contribution in [-0.4, -0.2) is 15.9 Å². The van der Waals surface area contributed by atoms with Gasteiger partial charge in [0.2, 0.25) is 5.91 Å². The van der Waals surface area contributed by atoms with Gasteiger partial charge in [0, 0.05) is 17.4 Å². The van der Waals surface area contributed by atoms with Crippen LogP contribution in [-0.2, 0) is 15.6 Å². The molecule has 88 valence electrons. The molecule has 0 aliphatic rings. The van der Waals surface area contributed by atoms with E-state index in [0.29, 0.717) is 0 Å².